The number of nitrogens with one attached hydrogen (secondary N) is 2. The van der Waals surface area contributed by atoms with E-state index in [1.807, 2.05) is 86.0 Å². The van der Waals surface area contributed by atoms with Crippen LogP contribution in [0.4, 0.5) is 4.79 Å². The lowest BCUT2D eigenvalue weighted by Crippen LogP contribution is -2.40. The first-order chi connectivity index (χ1) is 20.2. The minimum atomic E-state index is -3.94. The number of fused-ring (bicyclic) bond motifs is 1. The Bertz CT molecular complexity index is 1800. The van der Waals surface area contributed by atoms with Crippen LogP contribution in [0.25, 0.3) is 16.9 Å². The summed E-state index contributed by atoms with van der Waals surface area (Å²) in [6, 6.07) is 25.5. The monoisotopic (exact) mass is 583 g/mol. The van der Waals surface area contributed by atoms with Crippen LogP contribution in [0, 0.1) is 20.8 Å². The highest BCUT2D eigenvalue weighted by Crippen LogP contribution is 2.24. The number of carbonyl (C=O) groups excluding carboxylic acids is 1. The molecule has 3 aromatic carbocycles. The van der Waals surface area contributed by atoms with Crippen LogP contribution in [-0.4, -0.2) is 35.5 Å². The van der Waals surface area contributed by atoms with Gasteiger partial charge in [0.25, 0.3) is 10.0 Å². The fraction of sp³-hybridized carbons (Fsp3) is 0.219. The number of nitrogens with zero attached hydrogens (tertiary/aromatic N) is 3. The van der Waals surface area contributed by atoms with Crippen LogP contribution in [0.2, 0.25) is 0 Å². The van der Waals surface area contributed by atoms with E-state index in [0.717, 1.165) is 50.6 Å². The second kappa shape index (κ2) is 12.5. The minimum absolute atomic E-state index is 0.0376. The largest absolute Gasteiger partial charge is 0.369 e. The summed E-state index contributed by atoms with van der Waals surface area (Å²) in [5, 5.41) is 2.62. The number of benzene rings is 3. The lowest BCUT2D eigenvalue weighted by molar-refractivity contribution is 0.101. The molecule has 5 aromatic rings. The van der Waals surface area contributed by atoms with E-state index in [-0.39, 0.29) is 11.4 Å². The number of carbonyl (C=O) groups is 1. The van der Waals surface area contributed by atoms with Crippen molar-refractivity contribution in [2.24, 2.45) is 0 Å². The number of aryl methyl sites for hydroxylation is 3. The molecular formula is C32H33N5O4S. The molecule has 0 aliphatic carbocycles. The normalized spacial score (nSPS) is 11.5. The van der Waals surface area contributed by atoms with Gasteiger partial charge in [-0.15, -0.1) is 0 Å². The number of imidazole rings is 1. The third kappa shape index (κ3) is 6.84. The molecule has 0 aliphatic rings. The Balaban J connectivity index is 1.26. The number of hydrogen-bond donors (Lipinski definition) is 2. The standard InChI is InChI=1S/C32H33N5O4S/c1-22-9-15-28(16-10-22)42(39,40)36-32(38)33-18-17-25-11-13-27(14-12-25)37-29(21-41-20-26-7-5-4-6-8-26)35-30-23(2)19-24(3)34-31(30)37/h4-16,19H,17-18,20-21H2,1-3H3,(H2,33,36,38). The molecule has 0 atom stereocenters. The van der Waals surface area contributed by atoms with E-state index in [9.17, 15) is 13.2 Å². The van der Waals surface area contributed by atoms with Gasteiger partial charge in [-0.3, -0.25) is 4.57 Å². The third-order valence-electron chi connectivity index (χ3n) is 6.80. The fourth-order valence-electron chi connectivity index (χ4n) is 4.67. The Kier molecular flexibility index (Phi) is 8.65. The highest BCUT2D eigenvalue weighted by Gasteiger charge is 2.18. The first-order valence-corrected chi connectivity index (χ1v) is 15.1. The fourth-order valence-corrected chi connectivity index (χ4v) is 5.60. The van der Waals surface area contributed by atoms with Gasteiger partial charge in [0.2, 0.25) is 0 Å². The topological polar surface area (TPSA) is 115 Å². The molecule has 9 nitrogen and oxygen atoms in total. The van der Waals surface area contributed by atoms with E-state index >= 15 is 0 Å². The van der Waals surface area contributed by atoms with Crippen LogP contribution >= 0.6 is 0 Å². The number of hydrogen-bond acceptors (Lipinski definition) is 6. The molecule has 0 saturated heterocycles. The quantitative estimate of drug-likeness (QED) is 0.231. The van der Waals surface area contributed by atoms with Crippen LogP contribution in [0.1, 0.15) is 33.8 Å². The van der Waals surface area contributed by atoms with Gasteiger partial charge in [-0.1, -0.05) is 60.2 Å². The molecule has 10 heteroatoms. The van der Waals surface area contributed by atoms with Gasteiger partial charge in [0.05, 0.1) is 11.5 Å². The number of sulfonamides is 1. The zero-order valence-electron chi connectivity index (χ0n) is 23.8. The highest BCUT2D eigenvalue weighted by molar-refractivity contribution is 7.90. The summed E-state index contributed by atoms with van der Waals surface area (Å²) in [5.41, 5.74) is 7.45. The van der Waals surface area contributed by atoms with Gasteiger partial charge in [0.1, 0.15) is 17.9 Å². The van der Waals surface area contributed by atoms with Crippen LogP contribution in [0.15, 0.2) is 89.8 Å². The molecule has 42 heavy (non-hydrogen) atoms. The highest BCUT2D eigenvalue weighted by atomic mass is 32.2. The molecule has 2 N–H and O–H groups in total. The van der Waals surface area contributed by atoms with Crippen molar-refractivity contribution in [3.8, 4) is 5.69 Å². The van der Waals surface area contributed by atoms with Crippen LogP contribution in [0.5, 0.6) is 0 Å². The summed E-state index contributed by atoms with van der Waals surface area (Å²) in [6.07, 6.45) is 0.520. The van der Waals surface area contributed by atoms with Crippen molar-refractivity contribution in [2.75, 3.05) is 6.54 Å². The van der Waals surface area contributed by atoms with Gasteiger partial charge < -0.3 is 10.1 Å². The average molecular weight is 584 g/mol. The van der Waals surface area contributed by atoms with E-state index in [2.05, 4.69) is 10.0 Å². The van der Waals surface area contributed by atoms with Crippen molar-refractivity contribution in [3.05, 3.63) is 119 Å². The molecular weight excluding hydrogens is 550 g/mol. The van der Waals surface area contributed by atoms with Crippen molar-refractivity contribution in [3.63, 3.8) is 0 Å². The number of aromatic nitrogens is 3. The van der Waals surface area contributed by atoms with Crippen molar-refractivity contribution >= 4 is 27.2 Å². The summed E-state index contributed by atoms with van der Waals surface area (Å²) < 4.78 is 35.0. The number of ether oxygens (including phenoxy) is 1. The molecule has 0 saturated carbocycles. The Morgan fingerprint density at radius 1 is 0.857 bits per heavy atom. The van der Waals surface area contributed by atoms with Gasteiger partial charge >= 0.3 is 6.03 Å². The van der Waals surface area contributed by atoms with Crippen LogP contribution in [0.3, 0.4) is 0 Å². The van der Waals surface area contributed by atoms with Crippen molar-refractivity contribution in [1.82, 2.24) is 24.6 Å². The second-order valence-electron chi connectivity index (χ2n) is 10.2. The lowest BCUT2D eigenvalue weighted by atomic mass is 10.1. The van der Waals surface area contributed by atoms with E-state index in [1.165, 1.54) is 12.1 Å². The number of urea groups is 1. The molecule has 0 radical (unpaired) electrons. The third-order valence-corrected chi connectivity index (χ3v) is 8.15. The van der Waals surface area contributed by atoms with E-state index in [4.69, 9.17) is 14.7 Å². The SMILES string of the molecule is Cc1ccc(S(=O)(=O)NC(=O)NCCc2ccc(-n3c(COCc4ccccc4)nc4c(C)cc(C)nc43)cc2)cc1. The van der Waals surface area contributed by atoms with E-state index < -0.39 is 16.1 Å². The summed E-state index contributed by atoms with van der Waals surface area (Å²) in [5.74, 6) is 0.753. The molecule has 5 rings (SSSR count). The number of rotatable bonds is 10. The molecule has 216 valence electrons. The van der Waals surface area contributed by atoms with Gasteiger partial charge in [-0.25, -0.2) is 27.9 Å². The van der Waals surface area contributed by atoms with Gasteiger partial charge in [-0.2, -0.15) is 0 Å². The van der Waals surface area contributed by atoms with Crippen molar-refractivity contribution in [2.45, 2.75) is 45.3 Å². The van der Waals surface area contributed by atoms with Gasteiger partial charge in [0.15, 0.2) is 5.65 Å². The van der Waals surface area contributed by atoms with Crippen LogP contribution < -0.4 is 10.0 Å². The van der Waals surface area contributed by atoms with Crippen LogP contribution in [-0.2, 0) is 34.4 Å². The molecule has 0 unspecified atom stereocenters. The molecule has 0 spiro atoms. The molecule has 0 fully saturated rings. The Hall–Kier alpha value is -4.54. The number of amides is 2. The maximum atomic E-state index is 12.4. The maximum absolute atomic E-state index is 12.4. The zero-order valence-corrected chi connectivity index (χ0v) is 24.6. The zero-order chi connectivity index (χ0) is 29.7. The summed E-state index contributed by atoms with van der Waals surface area (Å²) in [7, 11) is -3.94. The summed E-state index contributed by atoms with van der Waals surface area (Å²) in [6.45, 7) is 6.91. The maximum Gasteiger partial charge on any atom is 0.328 e. The first kappa shape index (κ1) is 29.0. The van der Waals surface area contributed by atoms with E-state index in [1.54, 1.807) is 12.1 Å². The Morgan fingerprint density at radius 2 is 1.57 bits per heavy atom. The van der Waals surface area contributed by atoms with Crippen molar-refractivity contribution in [1.29, 1.82) is 0 Å². The van der Waals surface area contributed by atoms with Gasteiger partial charge in [-0.05, 0) is 74.2 Å². The van der Waals surface area contributed by atoms with Crippen molar-refractivity contribution < 1.29 is 17.9 Å². The number of pyridine rings is 1. The second-order valence-corrected chi connectivity index (χ2v) is 11.9. The summed E-state index contributed by atoms with van der Waals surface area (Å²) >= 11 is 0. The Morgan fingerprint density at radius 3 is 2.29 bits per heavy atom. The minimum Gasteiger partial charge on any atom is -0.369 e. The van der Waals surface area contributed by atoms with Gasteiger partial charge in [0, 0.05) is 17.9 Å². The predicted octanol–water partition coefficient (Wildman–Crippen LogP) is 5.29. The first-order valence-electron chi connectivity index (χ1n) is 13.6. The molecule has 2 amide bonds. The molecule has 0 bridgehead atoms. The average Bonchev–Trinajstić information content (AvgIpc) is 3.32. The lowest BCUT2D eigenvalue weighted by Gasteiger charge is -2.12. The summed E-state index contributed by atoms with van der Waals surface area (Å²) in [4.78, 5) is 22.0. The predicted molar refractivity (Wildman–Crippen MR) is 162 cm³/mol. The molecule has 0 aliphatic heterocycles. The smallest absolute Gasteiger partial charge is 0.328 e. The molecule has 2 heterocycles. The van der Waals surface area contributed by atoms with E-state index in [0.29, 0.717) is 19.6 Å². The Labute approximate surface area is 245 Å². The molecule has 2 aromatic heterocycles.